The van der Waals surface area contributed by atoms with Crippen molar-refractivity contribution in [1.82, 2.24) is 25.1 Å². The van der Waals surface area contributed by atoms with Gasteiger partial charge in [-0.25, -0.2) is 4.79 Å². The minimum Gasteiger partial charge on any atom is -0.465 e. The van der Waals surface area contributed by atoms with Crippen molar-refractivity contribution >= 4 is 32.0 Å². The van der Waals surface area contributed by atoms with Crippen LogP contribution in [0.25, 0.3) is 5.69 Å². The smallest absolute Gasteiger partial charge is 0.405 e. The molecule has 1 aromatic carbocycles. The lowest BCUT2D eigenvalue weighted by Crippen LogP contribution is -2.40. The van der Waals surface area contributed by atoms with Gasteiger partial charge in [-0.2, -0.15) is 0 Å². The molecule has 4 rings (SSSR count). The number of anilines is 1. The summed E-state index contributed by atoms with van der Waals surface area (Å²) in [6, 6.07) is 11.7. The quantitative estimate of drug-likeness (QED) is 0.328. The number of nitrogens with one attached hydrogen (secondary N) is 1. The number of amides is 1. The molecule has 0 spiro atoms. The van der Waals surface area contributed by atoms with Crippen LogP contribution in [-0.2, 0) is 17.6 Å². The Balaban J connectivity index is 1.67. The fourth-order valence-electron chi connectivity index (χ4n) is 4.38. The zero-order chi connectivity index (χ0) is 27.5. The van der Waals surface area contributed by atoms with Crippen LogP contribution in [0.2, 0.25) is 23.2 Å². The van der Waals surface area contributed by atoms with Gasteiger partial charge in [0.15, 0.2) is 14.1 Å². The first-order chi connectivity index (χ1) is 18.0. The Morgan fingerprint density at radius 2 is 1.92 bits per heavy atom. The summed E-state index contributed by atoms with van der Waals surface area (Å²) < 4.78 is 8.50. The Kier molecular flexibility index (Phi) is 8.44. The number of hydrogen-bond donors (Lipinski definition) is 2. The molecular formula is C27H37ClN6O3Si. The highest BCUT2D eigenvalue weighted by Crippen LogP contribution is 2.38. The van der Waals surface area contributed by atoms with Crippen LogP contribution in [0.1, 0.15) is 56.6 Å². The predicted octanol–water partition coefficient (Wildman–Crippen LogP) is 5.99. The fraction of sp³-hybridized carbons (Fsp3) is 0.481. The molecule has 38 heavy (non-hydrogen) atoms. The first-order valence-corrected chi connectivity index (χ1v) is 16.2. The fourth-order valence-corrected chi connectivity index (χ4v) is 5.53. The maximum Gasteiger partial charge on any atom is 0.405 e. The molecule has 1 aliphatic heterocycles. The number of aromatic nitrogens is 4. The third-order valence-corrected chi connectivity index (χ3v) is 12.4. The summed E-state index contributed by atoms with van der Waals surface area (Å²) in [6.45, 7) is 13.0. The van der Waals surface area contributed by atoms with Gasteiger partial charge in [0.25, 0.3) is 0 Å². The van der Waals surface area contributed by atoms with E-state index in [1.807, 2.05) is 41.1 Å². The SMILES string of the molecule is CC(C)(C)[Si](C)(C)OCc1cc(Cl)ccc1-n1c(CNC(=O)O)nnc1N1CCC(c2ccccn2)CC1. The minimum absolute atomic E-state index is 0.0257. The van der Waals surface area contributed by atoms with E-state index in [0.717, 1.165) is 42.9 Å². The van der Waals surface area contributed by atoms with Crippen molar-refractivity contribution in [1.29, 1.82) is 0 Å². The normalized spacial score (nSPS) is 15.1. The van der Waals surface area contributed by atoms with E-state index >= 15 is 0 Å². The average molecular weight is 557 g/mol. The standard InChI is InChI=1S/C27H37ClN6O3Si/c1-27(2,3)38(4,5)37-18-20-16-21(28)9-10-23(20)34-24(17-30-26(35)36)31-32-25(34)33-14-11-19(12-15-33)22-8-6-7-13-29-22/h6-10,13,16,19,30H,11-12,14-15,17-18H2,1-5H3,(H,35,36). The minimum atomic E-state index is -2.03. The van der Waals surface area contributed by atoms with E-state index in [-0.39, 0.29) is 11.6 Å². The molecule has 0 aliphatic carbocycles. The van der Waals surface area contributed by atoms with Crippen molar-refractivity contribution < 1.29 is 14.3 Å². The van der Waals surface area contributed by atoms with Crippen LogP contribution in [0.5, 0.6) is 0 Å². The number of halogens is 1. The Labute approximate surface area is 230 Å². The zero-order valence-corrected chi connectivity index (χ0v) is 24.5. The highest BCUT2D eigenvalue weighted by atomic mass is 35.5. The summed E-state index contributed by atoms with van der Waals surface area (Å²) in [5.41, 5.74) is 2.85. The first kappa shape index (κ1) is 28.1. The maximum absolute atomic E-state index is 11.3. The third-order valence-electron chi connectivity index (χ3n) is 7.67. The van der Waals surface area contributed by atoms with Crippen LogP contribution in [0.3, 0.4) is 0 Å². The van der Waals surface area contributed by atoms with Crippen LogP contribution in [-0.4, -0.2) is 52.4 Å². The van der Waals surface area contributed by atoms with Gasteiger partial charge in [0.1, 0.15) is 0 Å². The summed E-state index contributed by atoms with van der Waals surface area (Å²) in [5.74, 6) is 1.58. The van der Waals surface area contributed by atoms with E-state index in [4.69, 9.17) is 16.0 Å². The number of carbonyl (C=O) groups is 1. The molecule has 3 aromatic rings. The Morgan fingerprint density at radius 1 is 1.18 bits per heavy atom. The molecular weight excluding hydrogens is 520 g/mol. The second-order valence-corrected chi connectivity index (χ2v) is 16.5. The summed E-state index contributed by atoms with van der Waals surface area (Å²) in [6.07, 6.45) is 2.60. The molecule has 204 valence electrons. The monoisotopic (exact) mass is 556 g/mol. The number of carboxylic acid groups (broad SMARTS) is 1. The lowest BCUT2D eigenvalue weighted by atomic mass is 9.93. The number of benzene rings is 1. The lowest BCUT2D eigenvalue weighted by Gasteiger charge is -2.36. The predicted molar refractivity (Wildman–Crippen MR) is 152 cm³/mol. The van der Waals surface area contributed by atoms with Gasteiger partial charge in [0.2, 0.25) is 5.95 Å². The van der Waals surface area contributed by atoms with Crippen molar-refractivity contribution in [3.63, 3.8) is 0 Å². The highest BCUT2D eigenvalue weighted by Gasteiger charge is 2.37. The zero-order valence-electron chi connectivity index (χ0n) is 22.7. The van der Waals surface area contributed by atoms with Crippen molar-refractivity contribution in [2.24, 2.45) is 0 Å². The van der Waals surface area contributed by atoms with Crippen LogP contribution < -0.4 is 10.2 Å². The van der Waals surface area contributed by atoms with Gasteiger partial charge in [-0.05, 0) is 61.3 Å². The van der Waals surface area contributed by atoms with Gasteiger partial charge in [0.05, 0.1) is 18.8 Å². The number of hydrogen-bond acceptors (Lipinski definition) is 6. The van der Waals surface area contributed by atoms with Gasteiger partial charge < -0.3 is 19.7 Å². The molecule has 1 amide bonds. The number of pyridine rings is 1. The van der Waals surface area contributed by atoms with Crippen molar-refractivity contribution in [3.05, 3.63) is 64.7 Å². The van der Waals surface area contributed by atoms with Crippen LogP contribution in [0.4, 0.5) is 10.7 Å². The topological polar surface area (TPSA) is 105 Å². The van der Waals surface area contributed by atoms with Crippen LogP contribution in [0.15, 0.2) is 42.6 Å². The molecule has 0 radical (unpaired) electrons. The van der Waals surface area contributed by atoms with Gasteiger partial charge in [-0.3, -0.25) is 9.55 Å². The molecule has 0 atom stereocenters. The largest absolute Gasteiger partial charge is 0.465 e. The van der Waals surface area contributed by atoms with Gasteiger partial charge in [-0.15, -0.1) is 10.2 Å². The molecule has 2 aromatic heterocycles. The molecule has 1 fully saturated rings. The Morgan fingerprint density at radius 3 is 2.55 bits per heavy atom. The second-order valence-electron chi connectivity index (χ2n) is 11.2. The molecule has 0 bridgehead atoms. The van der Waals surface area contributed by atoms with E-state index in [1.54, 1.807) is 0 Å². The lowest BCUT2D eigenvalue weighted by molar-refractivity contribution is 0.193. The van der Waals surface area contributed by atoms with Crippen LogP contribution in [0, 0.1) is 0 Å². The van der Waals surface area contributed by atoms with Crippen molar-refractivity contribution in [2.75, 3.05) is 18.0 Å². The van der Waals surface area contributed by atoms with Gasteiger partial charge >= 0.3 is 6.09 Å². The average Bonchev–Trinajstić information content (AvgIpc) is 3.30. The van der Waals surface area contributed by atoms with E-state index in [9.17, 15) is 9.90 Å². The summed E-state index contributed by atoms with van der Waals surface area (Å²) in [5, 5.41) is 21.3. The van der Waals surface area contributed by atoms with E-state index < -0.39 is 14.4 Å². The van der Waals surface area contributed by atoms with E-state index in [0.29, 0.717) is 29.3 Å². The third kappa shape index (κ3) is 6.36. The molecule has 3 heterocycles. The molecule has 11 heteroatoms. The summed E-state index contributed by atoms with van der Waals surface area (Å²) in [7, 11) is -2.03. The van der Waals surface area contributed by atoms with Gasteiger partial charge in [0, 0.05) is 41.5 Å². The van der Waals surface area contributed by atoms with Crippen molar-refractivity contribution in [2.45, 2.75) is 70.8 Å². The molecule has 0 unspecified atom stereocenters. The van der Waals surface area contributed by atoms with Crippen molar-refractivity contribution in [3.8, 4) is 5.69 Å². The Bertz CT molecular complexity index is 1250. The van der Waals surface area contributed by atoms with Crippen LogP contribution >= 0.6 is 11.6 Å². The molecule has 1 aliphatic rings. The number of piperidine rings is 1. The van der Waals surface area contributed by atoms with E-state index in [1.165, 1.54) is 0 Å². The maximum atomic E-state index is 11.3. The molecule has 1 saturated heterocycles. The second kappa shape index (κ2) is 11.4. The number of nitrogens with zero attached hydrogens (tertiary/aromatic N) is 5. The molecule has 9 nitrogen and oxygen atoms in total. The highest BCUT2D eigenvalue weighted by molar-refractivity contribution is 6.74. The van der Waals surface area contributed by atoms with Gasteiger partial charge in [-0.1, -0.05) is 38.4 Å². The number of rotatable bonds is 8. The van der Waals surface area contributed by atoms with E-state index in [2.05, 4.69) is 65.3 Å². The first-order valence-electron chi connectivity index (χ1n) is 13.0. The summed E-state index contributed by atoms with van der Waals surface area (Å²) >= 11 is 6.43. The molecule has 2 N–H and O–H groups in total. The molecule has 0 saturated carbocycles. The summed E-state index contributed by atoms with van der Waals surface area (Å²) in [4.78, 5) is 18.1. The Hall–Kier alpha value is -2.95.